The van der Waals surface area contributed by atoms with E-state index < -0.39 is 26.5 Å². The predicted molar refractivity (Wildman–Crippen MR) is 390 cm³/mol. The van der Waals surface area contributed by atoms with Crippen molar-refractivity contribution in [3.8, 4) is 0 Å². The monoisotopic (exact) mass is 1290 g/mol. The zero-order valence-electron chi connectivity index (χ0n) is 60.4. The Balaban J connectivity index is 3.93. The molecular formula is C80H151NO8P+. The Morgan fingerprint density at radius 3 is 0.956 bits per heavy atom. The Hall–Kier alpha value is -2.29. The third kappa shape index (κ3) is 74.7. The van der Waals surface area contributed by atoms with E-state index in [1.807, 2.05) is 21.1 Å². The normalized spacial score (nSPS) is 13.4. The highest BCUT2D eigenvalue weighted by Crippen LogP contribution is 2.43. The van der Waals surface area contributed by atoms with Crippen LogP contribution >= 0.6 is 7.82 Å². The molecule has 0 aromatic heterocycles. The molecule has 0 aliphatic heterocycles. The highest BCUT2D eigenvalue weighted by molar-refractivity contribution is 7.47. The molecule has 2 unspecified atom stereocenters. The summed E-state index contributed by atoms with van der Waals surface area (Å²) < 4.78 is 34.8. The van der Waals surface area contributed by atoms with E-state index >= 15 is 0 Å². The van der Waals surface area contributed by atoms with Crippen molar-refractivity contribution in [2.45, 2.75) is 392 Å². The fourth-order valence-electron chi connectivity index (χ4n) is 11.6. The van der Waals surface area contributed by atoms with Crippen molar-refractivity contribution in [1.29, 1.82) is 0 Å². The number of carbonyl (C=O) groups excluding carboxylic acids is 2. The Labute approximate surface area is 559 Å². The third-order valence-corrected chi connectivity index (χ3v) is 18.5. The molecule has 0 amide bonds. The summed E-state index contributed by atoms with van der Waals surface area (Å²) in [5.74, 6) is -0.774. The number of hydrogen-bond acceptors (Lipinski definition) is 7. The second-order valence-electron chi connectivity index (χ2n) is 27.7. The van der Waals surface area contributed by atoms with E-state index in [9.17, 15) is 19.0 Å². The topological polar surface area (TPSA) is 108 Å². The zero-order valence-corrected chi connectivity index (χ0v) is 61.3. The van der Waals surface area contributed by atoms with Crippen LogP contribution in [0.4, 0.5) is 0 Å². The number of likely N-dealkylation sites (N-methyl/N-ethyl adjacent to an activating group) is 1. The molecule has 0 saturated carbocycles. The number of nitrogens with zero attached hydrogens (tertiary/aromatic N) is 1. The molecule has 0 rings (SSSR count). The molecule has 90 heavy (non-hydrogen) atoms. The number of hydrogen-bond donors (Lipinski definition) is 1. The molecule has 0 bridgehead atoms. The Morgan fingerprint density at radius 1 is 0.356 bits per heavy atom. The number of rotatable bonds is 73. The Bertz CT molecular complexity index is 1700. The van der Waals surface area contributed by atoms with Crippen molar-refractivity contribution < 1.29 is 42.1 Å². The molecular weight excluding hydrogens is 1130 g/mol. The third-order valence-electron chi connectivity index (χ3n) is 17.5. The summed E-state index contributed by atoms with van der Waals surface area (Å²) in [5, 5.41) is 0. The van der Waals surface area contributed by atoms with Gasteiger partial charge >= 0.3 is 19.8 Å². The highest BCUT2D eigenvalue weighted by Gasteiger charge is 2.27. The molecule has 0 aliphatic carbocycles. The van der Waals surface area contributed by atoms with Crippen LogP contribution in [-0.4, -0.2) is 74.9 Å². The fraction of sp³-hybridized carbons (Fsp3) is 0.850. The van der Waals surface area contributed by atoms with Crippen LogP contribution in [0.1, 0.15) is 386 Å². The number of phosphoric acid groups is 1. The van der Waals surface area contributed by atoms with Gasteiger partial charge in [-0.15, -0.1) is 0 Å². The van der Waals surface area contributed by atoms with Crippen molar-refractivity contribution in [1.82, 2.24) is 0 Å². The van der Waals surface area contributed by atoms with Gasteiger partial charge in [0.15, 0.2) is 6.10 Å². The fourth-order valence-corrected chi connectivity index (χ4v) is 12.3. The molecule has 528 valence electrons. The van der Waals surface area contributed by atoms with Crippen LogP contribution in [-0.2, 0) is 32.7 Å². The van der Waals surface area contributed by atoms with Gasteiger partial charge < -0.3 is 18.9 Å². The smallest absolute Gasteiger partial charge is 0.462 e. The quantitative estimate of drug-likeness (QED) is 0.0211. The first kappa shape index (κ1) is 87.7. The maximum absolute atomic E-state index is 12.9. The highest BCUT2D eigenvalue weighted by atomic mass is 31.2. The standard InChI is InChI=1S/C80H150NO8P/c1-6-8-10-12-14-16-18-20-22-24-26-28-30-32-34-36-38-39-40-41-43-45-47-49-51-53-55-57-59-61-63-65-67-69-71-73-80(83)89-78(77-88-90(84,85)87-75-74-81(3,4)5)76-86-79(82)72-70-68-66-64-62-60-58-56-54-52-50-48-46-44-42-37-35-33-31-29-27-25-23-21-19-17-15-13-11-9-7-2/h8,10,14,16,20,22,25-28,78H,6-7,9,11-13,15,17-19,21,23-24,29-77H2,1-5H3/p+1/b10-8-,16-14-,22-20-,27-25-,28-26-. The first-order valence-electron chi connectivity index (χ1n) is 39.0. The van der Waals surface area contributed by atoms with E-state index in [-0.39, 0.29) is 25.6 Å². The lowest BCUT2D eigenvalue weighted by atomic mass is 10.0. The molecule has 2 atom stereocenters. The van der Waals surface area contributed by atoms with Gasteiger partial charge in [0.05, 0.1) is 27.7 Å². The second kappa shape index (κ2) is 71.0. The van der Waals surface area contributed by atoms with Crippen molar-refractivity contribution >= 4 is 19.8 Å². The number of quaternary nitrogens is 1. The molecule has 0 spiro atoms. The van der Waals surface area contributed by atoms with Crippen LogP contribution in [0.3, 0.4) is 0 Å². The van der Waals surface area contributed by atoms with Gasteiger partial charge in [-0.1, -0.05) is 357 Å². The van der Waals surface area contributed by atoms with Crippen LogP contribution in [0, 0.1) is 0 Å². The molecule has 0 aromatic rings. The summed E-state index contributed by atoms with van der Waals surface area (Å²) in [6.07, 6.45) is 95.1. The number of ether oxygens (including phenoxy) is 2. The van der Waals surface area contributed by atoms with Crippen molar-refractivity contribution in [2.75, 3.05) is 47.5 Å². The van der Waals surface area contributed by atoms with E-state index in [0.29, 0.717) is 23.9 Å². The minimum absolute atomic E-state index is 0.0340. The van der Waals surface area contributed by atoms with Crippen LogP contribution in [0.15, 0.2) is 60.8 Å². The van der Waals surface area contributed by atoms with Crippen LogP contribution < -0.4 is 0 Å². The van der Waals surface area contributed by atoms with Crippen LogP contribution in [0.25, 0.3) is 0 Å². The van der Waals surface area contributed by atoms with Crippen molar-refractivity contribution in [3.05, 3.63) is 60.8 Å². The van der Waals surface area contributed by atoms with E-state index in [4.69, 9.17) is 18.5 Å². The van der Waals surface area contributed by atoms with Crippen molar-refractivity contribution in [3.63, 3.8) is 0 Å². The van der Waals surface area contributed by atoms with Crippen LogP contribution in [0.2, 0.25) is 0 Å². The van der Waals surface area contributed by atoms with E-state index in [1.54, 1.807) is 0 Å². The molecule has 0 aromatic carbocycles. The average molecular weight is 1290 g/mol. The number of unbranched alkanes of at least 4 members (excludes halogenated alkanes) is 49. The Kier molecular flexibility index (Phi) is 69.2. The number of esters is 2. The lowest BCUT2D eigenvalue weighted by Gasteiger charge is -2.24. The Morgan fingerprint density at radius 2 is 0.633 bits per heavy atom. The second-order valence-corrected chi connectivity index (χ2v) is 29.2. The SMILES string of the molecule is CC/C=C\C/C=C\C/C=C\C/C=C\CCCCCCCCCCCCCCCCCCCCCCCCC(=O)OC(COC(=O)CCCCCCCCCCCCCCCCCCCCC/C=C\CCCCCCCCCC)COP(=O)(O)OCC[N+](C)(C)C. The predicted octanol–water partition coefficient (Wildman–Crippen LogP) is 25.7. The molecule has 1 N–H and O–H groups in total. The van der Waals surface area contributed by atoms with Gasteiger partial charge in [0, 0.05) is 12.8 Å². The first-order chi connectivity index (χ1) is 44.0. The summed E-state index contributed by atoms with van der Waals surface area (Å²) in [7, 11) is 1.50. The minimum atomic E-state index is -4.39. The van der Waals surface area contributed by atoms with E-state index in [1.165, 1.54) is 295 Å². The van der Waals surface area contributed by atoms with Gasteiger partial charge in [0.2, 0.25) is 0 Å². The molecule has 10 heteroatoms. The average Bonchev–Trinajstić information content (AvgIpc) is 3.61. The molecule has 0 radical (unpaired) electrons. The molecule has 0 aliphatic rings. The summed E-state index contributed by atoms with van der Waals surface area (Å²) in [4.78, 5) is 36.0. The summed E-state index contributed by atoms with van der Waals surface area (Å²) in [6.45, 7) is 4.39. The minimum Gasteiger partial charge on any atom is -0.462 e. The molecule has 0 saturated heterocycles. The lowest BCUT2D eigenvalue weighted by molar-refractivity contribution is -0.870. The zero-order chi connectivity index (χ0) is 65.5. The van der Waals surface area contributed by atoms with Gasteiger partial charge in [-0.3, -0.25) is 18.6 Å². The van der Waals surface area contributed by atoms with Crippen LogP contribution in [0.5, 0.6) is 0 Å². The van der Waals surface area contributed by atoms with Gasteiger partial charge in [-0.25, -0.2) is 4.57 Å². The number of allylic oxidation sites excluding steroid dienone is 10. The maximum atomic E-state index is 12.9. The largest absolute Gasteiger partial charge is 0.472 e. The molecule has 0 heterocycles. The lowest BCUT2D eigenvalue weighted by Crippen LogP contribution is -2.37. The van der Waals surface area contributed by atoms with E-state index in [0.717, 1.165) is 57.8 Å². The van der Waals surface area contributed by atoms with Gasteiger partial charge in [-0.05, 0) is 77.0 Å². The molecule has 0 fully saturated rings. The van der Waals surface area contributed by atoms with Gasteiger partial charge in [0.25, 0.3) is 0 Å². The summed E-state index contributed by atoms with van der Waals surface area (Å²) in [6, 6.07) is 0. The number of carbonyl (C=O) groups is 2. The van der Waals surface area contributed by atoms with Gasteiger partial charge in [-0.2, -0.15) is 0 Å². The van der Waals surface area contributed by atoms with Gasteiger partial charge in [0.1, 0.15) is 19.8 Å². The number of phosphoric ester groups is 1. The molecule has 9 nitrogen and oxygen atoms in total. The van der Waals surface area contributed by atoms with Crippen molar-refractivity contribution in [2.24, 2.45) is 0 Å². The first-order valence-corrected chi connectivity index (χ1v) is 40.5. The van der Waals surface area contributed by atoms with E-state index in [2.05, 4.69) is 74.6 Å². The summed E-state index contributed by atoms with van der Waals surface area (Å²) >= 11 is 0. The summed E-state index contributed by atoms with van der Waals surface area (Å²) in [5.41, 5.74) is 0. The maximum Gasteiger partial charge on any atom is 0.472 e.